The van der Waals surface area contributed by atoms with Crippen LogP contribution in [0.5, 0.6) is 0 Å². The third-order valence-electron chi connectivity index (χ3n) is 3.06. The lowest BCUT2D eigenvalue weighted by molar-refractivity contribution is 0.0383. The Bertz CT molecular complexity index is 424. The van der Waals surface area contributed by atoms with Crippen molar-refractivity contribution >= 4 is 17.3 Å². The molecule has 0 aromatic heterocycles. The predicted octanol–water partition coefficient (Wildman–Crippen LogP) is -0.0870. The van der Waals surface area contributed by atoms with Gasteiger partial charge in [0, 0.05) is 43.1 Å². The number of ether oxygens (including phenoxy) is 1. The van der Waals surface area contributed by atoms with Crippen LogP contribution in [0.15, 0.2) is 18.2 Å². The fraction of sp³-hybridized carbons (Fsp3) is 0.462. The first kappa shape index (κ1) is 13.6. The van der Waals surface area contributed by atoms with Gasteiger partial charge >= 0.3 is 0 Å². The van der Waals surface area contributed by atoms with Gasteiger partial charge in [0.25, 0.3) is 5.91 Å². The second-order valence-electron chi connectivity index (χ2n) is 4.60. The van der Waals surface area contributed by atoms with Crippen LogP contribution in [-0.4, -0.2) is 50.2 Å². The molecule has 0 atom stereocenters. The molecule has 1 amide bonds. The fourth-order valence-electron chi connectivity index (χ4n) is 2.06. The van der Waals surface area contributed by atoms with E-state index in [9.17, 15) is 4.79 Å². The summed E-state index contributed by atoms with van der Waals surface area (Å²) in [5.74, 6) is -0.146. The zero-order chi connectivity index (χ0) is 13.7. The second-order valence-corrected chi connectivity index (χ2v) is 4.60. The first-order chi connectivity index (χ1) is 9.15. The second kappa shape index (κ2) is 6.40. The van der Waals surface area contributed by atoms with Gasteiger partial charge in [0.05, 0.1) is 13.2 Å². The number of nitrogens with two attached hydrogens (primary N) is 2. The number of benzene rings is 1. The van der Waals surface area contributed by atoms with E-state index < -0.39 is 0 Å². The van der Waals surface area contributed by atoms with Crippen LogP contribution in [0.3, 0.4) is 0 Å². The summed E-state index contributed by atoms with van der Waals surface area (Å²) >= 11 is 0. The van der Waals surface area contributed by atoms with Crippen molar-refractivity contribution < 1.29 is 9.53 Å². The van der Waals surface area contributed by atoms with Gasteiger partial charge in [-0.25, -0.2) is 0 Å². The minimum Gasteiger partial charge on any atom is -0.399 e. The number of nitrogens with zero attached hydrogens (tertiary/aromatic N) is 1. The molecule has 6 nitrogen and oxygen atoms in total. The van der Waals surface area contributed by atoms with Gasteiger partial charge in [-0.2, -0.15) is 0 Å². The van der Waals surface area contributed by atoms with Crippen LogP contribution in [0.4, 0.5) is 11.4 Å². The van der Waals surface area contributed by atoms with Crippen molar-refractivity contribution in [3.05, 3.63) is 23.8 Å². The number of hydrogen-bond acceptors (Lipinski definition) is 5. The van der Waals surface area contributed by atoms with E-state index in [1.165, 1.54) is 0 Å². The first-order valence-corrected chi connectivity index (χ1v) is 6.39. The number of carbonyl (C=O) groups is 1. The molecule has 0 radical (unpaired) electrons. The molecule has 1 heterocycles. The van der Waals surface area contributed by atoms with E-state index in [-0.39, 0.29) is 5.91 Å². The maximum absolute atomic E-state index is 11.9. The molecule has 1 aromatic rings. The molecule has 0 bridgehead atoms. The Hall–Kier alpha value is -1.79. The van der Waals surface area contributed by atoms with E-state index in [2.05, 4.69) is 10.2 Å². The topological polar surface area (TPSA) is 93.6 Å². The van der Waals surface area contributed by atoms with Crippen molar-refractivity contribution in [1.82, 2.24) is 10.2 Å². The van der Waals surface area contributed by atoms with Gasteiger partial charge in [-0.15, -0.1) is 0 Å². The van der Waals surface area contributed by atoms with Gasteiger partial charge < -0.3 is 21.5 Å². The molecule has 0 aliphatic carbocycles. The number of anilines is 2. The van der Waals surface area contributed by atoms with Crippen LogP contribution in [-0.2, 0) is 4.74 Å². The van der Waals surface area contributed by atoms with Crippen LogP contribution in [0.2, 0.25) is 0 Å². The van der Waals surface area contributed by atoms with Crippen LogP contribution in [0.25, 0.3) is 0 Å². The smallest absolute Gasteiger partial charge is 0.251 e. The third kappa shape index (κ3) is 4.11. The number of morpholine rings is 1. The molecule has 1 fully saturated rings. The minimum atomic E-state index is -0.146. The lowest BCUT2D eigenvalue weighted by Gasteiger charge is -2.26. The average molecular weight is 264 g/mol. The molecule has 0 saturated carbocycles. The summed E-state index contributed by atoms with van der Waals surface area (Å²) in [5, 5.41) is 2.87. The Morgan fingerprint density at radius 3 is 2.47 bits per heavy atom. The van der Waals surface area contributed by atoms with Gasteiger partial charge in [0.15, 0.2) is 0 Å². The molecule has 0 spiro atoms. The van der Waals surface area contributed by atoms with Crippen LogP contribution in [0.1, 0.15) is 10.4 Å². The number of nitrogens with one attached hydrogen (secondary N) is 1. The summed E-state index contributed by atoms with van der Waals surface area (Å²) in [5.41, 5.74) is 12.8. The number of nitrogen functional groups attached to an aromatic ring is 2. The maximum atomic E-state index is 11.9. The van der Waals surface area contributed by atoms with E-state index >= 15 is 0 Å². The van der Waals surface area contributed by atoms with E-state index in [1.807, 2.05) is 0 Å². The molecule has 1 aromatic carbocycles. The Morgan fingerprint density at radius 1 is 1.21 bits per heavy atom. The third-order valence-corrected chi connectivity index (χ3v) is 3.06. The molecule has 1 saturated heterocycles. The monoisotopic (exact) mass is 264 g/mol. The highest BCUT2D eigenvalue weighted by Gasteiger charge is 2.11. The summed E-state index contributed by atoms with van der Waals surface area (Å²) in [6.45, 7) is 4.79. The van der Waals surface area contributed by atoms with Crippen LogP contribution in [0, 0.1) is 0 Å². The Labute approximate surface area is 112 Å². The standard InChI is InChI=1S/C13H20N4O2/c14-11-7-10(8-12(15)9-11)13(18)16-1-2-17-3-5-19-6-4-17/h7-9H,1-6,14-15H2,(H,16,18). The Morgan fingerprint density at radius 2 is 1.84 bits per heavy atom. The van der Waals surface area contributed by atoms with E-state index in [0.717, 1.165) is 32.8 Å². The zero-order valence-corrected chi connectivity index (χ0v) is 10.9. The Kier molecular flexibility index (Phi) is 4.59. The van der Waals surface area contributed by atoms with Gasteiger partial charge in [-0.1, -0.05) is 0 Å². The molecule has 5 N–H and O–H groups in total. The average Bonchev–Trinajstić information content (AvgIpc) is 2.38. The zero-order valence-electron chi connectivity index (χ0n) is 10.9. The number of carbonyl (C=O) groups excluding carboxylic acids is 1. The minimum absolute atomic E-state index is 0.146. The fourth-order valence-corrected chi connectivity index (χ4v) is 2.06. The molecule has 1 aliphatic heterocycles. The van der Waals surface area contributed by atoms with Crippen molar-refractivity contribution in [3.63, 3.8) is 0 Å². The molecular weight excluding hydrogens is 244 g/mol. The van der Waals surface area contributed by atoms with E-state index in [1.54, 1.807) is 18.2 Å². The number of amides is 1. The van der Waals surface area contributed by atoms with Crippen molar-refractivity contribution in [2.75, 3.05) is 50.9 Å². The van der Waals surface area contributed by atoms with Gasteiger partial charge in [0.1, 0.15) is 0 Å². The summed E-state index contributed by atoms with van der Waals surface area (Å²) < 4.78 is 5.27. The Balaban J connectivity index is 1.80. The number of rotatable bonds is 4. The number of hydrogen-bond donors (Lipinski definition) is 3. The summed E-state index contributed by atoms with van der Waals surface area (Å²) in [7, 11) is 0. The van der Waals surface area contributed by atoms with E-state index in [0.29, 0.717) is 23.5 Å². The van der Waals surface area contributed by atoms with Crippen molar-refractivity contribution in [2.24, 2.45) is 0 Å². The van der Waals surface area contributed by atoms with Crippen LogP contribution < -0.4 is 16.8 Å². The van der Waals surface area contributed by atoms with Gasteiger partial charge in [0.2, 0.25) is 0 Å². The van der Waals surface area contributed by atoms with Crippen molar-refractivity contribution in [1.29, 1.82) is 0 Å². The van der Waals surface area contributed by atoms with Gasteiger partial charge in [-0.3, -0.25) is 9.69 Å². The molecular formula is C13H20N4O2. The predicted molar refractivity (Wildman–Crippen MR) is 74.9 cm³/mol. The molecule has 2 rings (SSSR count). The maximum Gasteiger partial charge on any atom is 0.251 e. The lowest BCUT2D eigenvalue weighted by atomic mass is 10.1. The molecule has 104 valence electrons. The summed E-state index contributed by atoms with van der Waals surface area (Å²) in [6.07, 6.45) is 0. The van der Waals surface area contributed by atoms with Crippen LogP contribution >= 0.6 is 0 Å². The highest BCUT2D eigenvalue weighted by atomic mass is 16.5. The van der Waals surface area contributed by atoms with Crippen molar-refractivity contribution in [3.8, 4) is 0 Å². The summed E-state index contributed by atoms with van der Waals surface area (Å²) in [4.78, 5) is 14.2. The molecule has 0 unspecified atom stereocenters. The quantitative estimate of drug-likeness (QED) is 0.661. The summed E-state index contributed by atoms with van der Waals surface area (Å²) in [6, 6.07) is 4.88. The highest BCUT2D eigenvalue weighted by molar-refractivity contribution is 5.96. The lowest BCUT2D eigenvalue weighted by Crippen LogP contribution is -2.41. The van der Waals surface area contributed by atoms with E-state index in [4.69, 9.17) is 16.2 Å². The molecule has 1 aliphatic rings. The van der Waals surface area contributed by atoms with Gasteiger partial charge in [-0.05, 0) is 18.2 Å². The first-order valence-electron chi connectivity index (χ1n) is 6.39. The molecule has 6 heteroatoms. The highest BCUT2D eigenvalue weighted by Crippen LogP contribution is 2.13. The SMILES string of the molecule is Nc1cc(N)cc(C(=O)NCCN2CCOCC2)c1. The molecule has 19 heavy (non-hydrogen) atoms. The normalized spacial score (nSPS) is 16.2. The largest absolute Gasteiger partial charge is 0.399 e. The van der Waals surface area contributed by atoms with Crippen molar-refractivity contribution in [2.45, 2.75) is 0 Å².